The summed E-state index contributed by atoms with van der Waals surface area (Å²) < 4.78 is 5.24. The fraction of sp³-hybridized carbons (Fsp3) is 0.188. The van der Waals surface area contributed by atoms with Crippen molar-refractivity contribution in [1.29, 1.82) is 0 Å². The smallest absolute Gasteiger partial charge is 0.171 e. The lowest BCUT2D eigenvalue weighted by molar-refractivity contribution is 0.0990. The molecule has 0 heterocycles. The average Bonchev–Trinajstić information content (AvgIpc) is 2.41. The molecule has 19 heavy (non-hydrogen) atoms. The first kappa shape index (κ1) is 13.6. The highest BCUT2D eigenvalue weighted by molar-refractivity contribution is 6.31. The molecule has 98 valence electrons. The summed E-state index contributed by atoms with van der Waals surface area (Å²) in [4.78, 5) is 12.4. The Morgan fingerprint density at radius 3 is 2.63 bits per heavy atom. The molecule has 0 radical (unpaired) electrons. The second kappa shape index (κ2) is 5.89. The summed E-state index contributed by atoms with van der Waals surface area (Å²) >= 11 is 6.08. The number of ether oxygens (including phenoxy) is 1. The van der Waals surface area contributed by atoms with Gasteiger partial charge in [0, 0.05) is 11.4 Å². The molecule has 3 heteroatoms. The Balaban J connectivity index is 2.30. The van der Waals surface area contributed by atoms with E-state index in [4.69, 9.17) is 16.3 Å². The van der Waals surface area contributed by atoms with E-state index in [9.17, 15) is 4.79 Å². The second-order valence-electron chi connectivity index (χ2n) is 4.40. The summed E-state index contributed by atoms with van der Waals surface area (Å²) in [6.45, 7) is 1.95. The second-order valence-corrected chi connectivity index (χ2v) is 4.80. The molecule has 0 atom stereocenters. The van der Waals surface area contributed by atoms with Gasteiger partial charge in [0.05, 0.1) is 12.7 Å². The van der Waals surface area contributed by atoms with Crippen molar-refractivity contribution in [1.82, 2.24) is 0 Å². The fourth-order valence-electron chi connectivity index (χ4n) is 1.95. The van der Waals surface area contributed by atoms with Crippen molar-refractivity contribution in [3.05, 3.63) is 64.2 Å². The van der Waals surface area contributed by atoms with Gasteiger partial charge in [-0.25, -0.2) is 0 Å². The van der Waals surface area contributed by atoms with Crippen molar-refractivity contribution in [2.75, 3.05) is 7.11 Å². The molecule has 2 aromatic rings. The Labute approximate surface area is 118 Å². The summed E-state index contributed by atoms with van der Waals surface area (Å²) in [5, 5.41) is 0.613. The van der Waals surface area contributed by atoms with E-state index in [1.807, 2.05) is 43.3 Å². The van der Waals surface area contributed by atoms with Crippen molar-refractivity contribution < 1.29 is 9.53 Å². The maximum Gasteiger partial charge on any atom is 0.171 e. The van der Waals surface area contributed by atoms with Crippen LogP contribution in [0.25, 0.3) is 0 Å². The van der Waals surface area contributed by atoms with E-state index in [0.29, 0.717) is 16.3 Å². The van der Waals surface area contributed by atoms with Crippen LogP contribution in [0.1, 0.15) is 21.5 Å². The summed E-state index contributed by atoms with van der Waals surface area (Å²) in [7, 11) is 1.57. The molecule has 2 nitrogen and oxygen atoms in total. The van der Waals surface area contributed by atoms with Crippen LogP contribution in [-0.4, -0.2) is 12.9 Å². The molecule has 0 aromatic heterocycles. The van der Waals surface area contributed by atoms with Crippen LogP contribution in [0.3, 0.4) is 0 Å². The van der Waals surface area contributed by atoms with E-state index in [-0.39, 0.29) is 12.2 Å². The minimum atomic E-state index is 0.00801. The SMILES string of the molecule is COc1ccc(C)cc1C(=O)Cc1ccccc1Cl. The highest BCUT2D eigenvalue weighted by Gasteiger charge is 2.14. The van der Waals surface area contributed by atoms with Gasteiger partial charge >= 0.3 is 0 Å². The molecule has 0 bridgehead atoms. The lowest BCUT2D eigenvalue weighted by Crippen LogP contribution is -2.06. The predicted octanol–water partition coefficient (Wildman–Crippen LogP) is 4.08. The molecule has 2 rings (SSSR count). The van der Waals surface area contributed by atoms with Crippen LogP contribution < -0.4 is 4.74 Å². The first-order chi connectivity index (χ1) is 9.11. The lowest BCUT2D eigenvalue weighted by atomic mass is 10.0. The third-order valence-electron chi connectivity index (χ3n) is 2.96. The zero-order valence-corrected chi connectivity index (χ0v) is 11.7. The maximum absolute atomic E-state index is 12.4. The van der Waals surface area contributed by atoms with Crippen LogP contribution in [-0.2, 0) is 6.42 Å². The molecule has 0 unspecified atom stereocenters. The van der Waals surface area contributed by atoms with Crippen LogP contribution in [0.5, 0.6) is 5.75 Å². The third kappa shape index (κ3) is 3.15. The van der Waals surface area contributed by atoms with E-state index in [1.165, 1.54) is 0 Å². The number of hydrogen-bond donors (Lipinski definition) is 0. The number of Topliss-reactive ketones (excluding diaryl/α,β-unsaturated/α-hetero) is 1. The highest BCUT2D eigenvalue weighted by atomic mass is 35.5. The highest BCUT2D eigenvalue weighted by Crippen LogP contribution is 2.23. The van der Waals surface area contributed by atoms with Gasteiger partial charge in [0.25, 0.3) is 0 Å². The Morgan fingerprint density at radius 1 is 1.21 bits per heavy atom. The van der Waals surface area contributed by atoms with Gasteiger partial charge in [-0.3, -0.25) is 4.79 Å². The van der Waals surface area contributed by atoms with Gasteiger partial charge in [-0.1, -0.05) is 41.4 Å². The Hall–Kier alpha value is -1.80. The van der Waals surface area contributed by atoms with E-state index >= 15 is 0 Å². The van der Waals surface area contributed by atoms with Crippen molar-refractivity contribution in [2.45, 2.75) is 13.3 Å². The molecule has 0 saturated carbocycles. The predicted molar refractivity (Wildman–Crippen MR) is 77.2 cm³/mol. The first-order valence-corrected chi connectivity index (χ1v) is 6.41. The van der Waals surface area contributed by atoms with Gasteiger partial charge in [0.2, 0.25) is 0 Å². The van der Waals surface area contributed by atoms with Crippen LogP contribution in [0.4, 0.5) is 0 Å². The lowest BCUT2D eigenvalue weighted by Gasteiger charge is -2.09. The molecule has 0 fully saturated rings. The molecular formula is C16H15ClO2. The van der Waals surface area contributed by atoms with Gasteiger partial charge in [0.15, 0.2) is 5.78 Å². The minimum Gasteiger partial charge on any atom is -0.496 e. The standard InChI is InChI=1S/C16H15ClO2/c1-11-7-8-16(19-2)13(9-11)15(18)10-12-5-3-4-6-14(12)17/h3-9H,10H2,1-2H3. The third-order valence-corrected chi connectivity index (χ3v) is 3.33. The topological polar surface area (TPSA) is 26.3 Å². The molecule has 0 aliphatic rings. The number of carbonyl (C=O) groups excluding carboxylic acids is 1. The summed E-state index contributed by atoms with van der Waals surface area (Å²) in [6, 6.07) is 13.0. The monoisotopic (exact) mass is 274 g/mol. The van der Waals surface area contributed by atoms with Gasteiger partial charge in [-0.15, -0.1) is 0 Å². The van der Waals surface area contributed by atoms with Gasteiger partial charge in [-0.2, -0.15) is 0 Å². The number of halogens is 1. The average molecular weight is 275 g/mol. The van der Waals surface area contributed by atoms with Crippen LogP contribution in [0.2, 0.25) is 5.02 Å². The summed E-state index contributed by atoms with van der Waals surface area (Å²) in [6.07, 6.45) is 0.277. The van der Waals surface area contributed by atoms with Gasteiger partial charge in [-0.05, 0) is 30.7 Å². The van der Waals surface area contributed by atoms with Crippen LogP contribution in [0.15, 0.2) is 42.5 Å². The number of rotatable bonds is 4. The molecule has 0 spiro atoms. The first-order valence-electron chi connectivity index (χ1n) is 6.03. The number of carbonyl (C=O) groups is 1. The number of hydrogen-bond acceptors (Lipinski definition) is 2. The Kier molecular flexibility index (Phi) is 4.23. The molecule has 0 amide bonds. The van der Waals surface area contributed by atoms with Crippen LogP contribution >= 0.6 is 11.6 Å². The summed E-state index contributed by atoms with van der Waals surface area (Å²) in [5.41, 5.74) is 2.46. The quantitative estimate of drug-likeness (QED) is 0.785. The van der Waals surface area contributed by atoms with E-state index in [0.717, 1.165) is 11.1 Å². The van der Waals surface area contributed by atoms with E-state index < -0.39 is 0 Å². The van der Waals surface area contributed by atoms with E-state index in [2.05, 4.69) is 0 Å². The minimum absolute atomic E-state index is 0.00801. The number of methoxy groups -OCH3 is 1. The Bertz CT molecular complexity index is 605. The van der Waals surface area contributed by atoms with Crippen LogP contribution in [0, 0.1) is 6.92 Å². The van der Waals surface area contributed by atoms with E-state index in [1.54, 1.807) is 13.2 Å². The molecule has 0 aliphatic carbocycles. The van der Waals surface area contributed by atoms with Crippen molar-refractivity contribution in [3.63, 3.8) is 0 Å². The fourth-order valence-corrected chi connectivity index (χ4v) is 2.15. The maximum atomic E-state index is 12.4. The number of ketones is 1. The van der Waals surface area contributed by atoms with Gasteiger partial charge < -0.3 is 4.74 Å². The van der Waals surface area contributed by atoms with Gasteiger partial charge in [0.1, 0.15) is 5.75 Å². The molecular weight excluding hydrogens is 260 g/mol. The molecule has 0 aliphatic heterocycles. The summed E-state index contributed by atoms with van der Waals surface area (Å²) in [5.74, 6) is 0.608. The Morgan fingerprint density at radius 2 is 1.95 bits per heavy atom. The molecule has 2 aromatic carbocycles. The number of aryl methyl sites for hydroxylation is 1. The largest absolute Gasteiger partial charge is 0.496 e. The zero-order valence-electron chi connectivity index (χ0n) is 10.9. The van der Waals surface area contributed by atoms with Crippen molar-refractivity contribution in [2.24, 2.45) is 0 Å². The van der Waals surface area contributed by atoms with Crippen molar-refractivity contribution in [3.8, 4) is 5.75 Å². The number of benzene rings is 2. The zero-order chi connectivity index (χ0) is 13.8. The van der Waals surface area contributed by atoms with Crippen molar-refractivity contribution >= 4 is 17.4 Å². The molecule has 0 saturated heterocycles. The normalized spacial score (nSPS) is 10.3. The molecule has 0 N–H and O–H groups in total.